The van der Waals surface area contributed by atoms with E-state index in [0.29, 0.717) is 17.5 Å². The highest BCUT2D eigenvalue weighted by atomic mass is 19.1. The van der Waals surface area contributed by atoms with Crippen molar-refractivity contribution in [1.82, 2.24) is 4.90 Å². The summed E-state index contributed by atoms with van der Waals surface area (Å²) in [4.78, 5) is 2.42. The maximum atomic E-state index is 13.5. The maximum Gasteiger partial charge on any atom is 0.126 e. The molecule has 1 atom stereocenters. The van der Waals surface area contributed by atoms with Gasteiger partial charge in [0.15, 0.2) is 0 Å². The molecule has 1 aromatic carbocycles. The zero-order valence-corrected chi connectivity index (χ0v) is 13.7. The van der Waals surface area contributed by atoms with E-state index in [4.69, 9.17) is 0 Å². The summed E-state index contributed by atoms with van der Waals surface area (Å²) >= 11 is 0. The number of benzene rings is 1. The fourth-order valence-corrected chi connectivity index (χ4v) is 2.39. The summed E-state index contributed by atoms with van der Waals surface area (Å²) < 4.78 is 13.5. The molecule has 0 spiro atoms. The SMILES string of the molecule is CCCCN(CCCC)CCC(O)c1ccc(C)c(F)c1. The normalized spacial score (nSPS) is 12.9. The second-order valence-electron chi connectivity index (χ2n) is 5.86. The molecule has 0 amide bonds. The van der Waals surface area contributed by atoms with Crippen molar-refractivity contribution < 1.29 is 9.50 Å². The monoisotopic (exact) mass is 295 g/mol. The highest BCUT2D eigenvalue weighted by Gasteiger charge is 2.12. The number of unbranched alkanes of at least 4 members (excludes halogenated alkanes) is 2. The number of hydrogen-bond acceptors (Lipinski definition) is 2. The molecular weight excluding hydrogens is 265 g/mol. The van der Waals surface area contributed by atoms with Gasteiger partial charge >= 0.3 is 0 Å². The topological polar surface area (TPSA) is 23.5 Å². The fraction of sp³-hybridized carbons (Fsp3) is 0.667. The van der Waals surface area contributed by atoms with E-state index in [1.165, 1.54) is 31.7 Å². The van der Waals surface area contributed by atoms with Gasteiger partial charge in [0.2, 0.25) is 0 Å². The molecule has 0 aliphatic carbocycles. The molecule has 0 bridgehead atoms. The van der Waals surface area contributed by atoms with E-state index >= 15 is 0 Å². The van der Waals surface area contributed by atoms with Crippen LogP contribution >= 0.6 is 0 Å². The molecule has 3 heteroatoms. The van der Waals surface area contributed by atoms with Gasteiger partial charge in [0.25, 0.3) is 0 Å². The lowest BCUT2D eigenvalue weighted by Gasteiger charge is -2.23. The van der Waals surface area contributed by atoms with Gasteiger partial charge in [0, 0.05) is 6.54 Å². The minimum atomic E-state index is -0.578. The van der Waals surface area contributed by atoms with Gasteiger partial charge in [-0.25, -0.2) is 4.39 Å². The molecular formula is C18H30FNO. The molecule has 120 valence electrons. The quantitative estimate of drug-likeness (QED) is 0.689. The summed E-state index contributed by atoms with van der Waals surface area (Å²) in [7, 11) is 0. The van der Waals surface area contributed by atoms with Gasteiger partial charge in [-0.05, 0) is 56.5 Å². The van der Waals surface area contributed by atoms with E-state index in [-0.39, 0.29) is 5.82 Å². The van der Waals surface area contributed by atoms with Gasteiger partial charge in [0.05, 0.1) is 6.10 Å². The van der Waals surface area contributed by atoms with Crippen molar-refractivity contribution in [3.8, 4) is 0 Å². The largest absolute Gasteiger partial charge is 0.388 e. The molecule has 1 aromatic rings. The smallest absolute Gasteiger partial charge is 0.126 e. The molecule has 0 aliphatic rings. The van der Waals surface area contributed by atoms with Crippen molar-refractivity contribution in [1.29, 1.82) is 0 Å². The first kappa shape index (κ1) is 18.1. The second kappa shape index (κ2) is 9.91. The highest BCUT2D eigenvalue weighted by molar-refractivity contribution is 5.24. The van der Waals surface area contributed by atoms with Crippen LogP contribution in [0, 0.1) is 12.7 Å². The Balaban J connectivity index is 2.50. The molecule has 0 radical (unpaired) electrons. The molecule has 1 rings (SSSR count). The van der Waals surface area contributed by atoms with Crippen molar-refractivity contribution >= 4 is 0 Å². The lowest BCUT2D eigenvalue weighted by molar-refractivity contribution is 0.140. The molecule has 0 saturated carbocycles. The number of aliphatic hydroxyl groups excluding tert-OH is 1. The molecule has 1 unspecified atom stereocenters. The van der Waals surface area contributed by atoms with Crippen molar-refractivity contribution in [3.05, 3.63) is 35.1 Å². The number of halogens is 1. The third kappa shape index (κ3) is 6.58. The Labute approximate surface area is 129 Å². The number of nitrogens with zero attached hydrogens (tertiary/aromatic N) is 1. The van der Waals surface area contributed by atoms with Crippen LogP contribution in [0.5, 0.6) is 0 Å². The Morgan fingerprint density at radius 1 is 1.10 bits per heavy atom. The zero-order chi connectivity index (χ0) is 15.7. The van der Waals surface area contributed by atoms with Crippen LogP contribution in [0.25, 0.3) is 0 Å². The third-order valence-electron chi connectivity index (χ3n) is 3.96. The van der Waals surface area contributed by atoms with Gasteiger partial charge in [-0.1, -0.05) is 38.8 Å². The van der Waals surface area contributed by atoms with Crippen LogP contribution in [0.3, 0.4) is 0 Å². The summed E-state index contributed by atoms with van der Waals surface area (Å²) in [6.07, 6.45) is 4.85. The molecule has 0 heterocycles. The van der Waals surface area contributed by atoms with Crippen LogP contribution in [0.4, 0.5) is 4.39 Å². The molecule has 0 saturated heterocycles. The van der Waals surface area contributed by atoms with Crippen molar-refractivity contribution in [2.24, 2.45) is 0 Å². The minimum Gasteiger partial charge on any atom is -0.388 e. The molecule has 0 aromatic heterocycles. The van der Waals surface area contributed by atoms with Crippen LogP contribution in [0.2, 0.25) is 0 Å². The first-order valence-corrected chi connectivity index (χ1v) is 8.25. The number of rotatable bonds is 10. The Morgan fingerprint density at radius 3 is 2.24 bits per heavy atom. The Hall–Kier alpha value is -0.930. The fourth-order valence-electron chi connectivity index (χ4n) is 2.39. The summed E-state index contributed by atoms with van der Waals surface area (Å²) in [5.74, 6) is -0.236. The Morgan fingerprint density at radius 2 is 1.71 bits per heavy atom. The summed E-state index contributed by atoms with van der Waals surface area (Å²) in [6, 6.07) is 5.02. The highest BCUT2D eigenvalue weighted by Crippen LogP contribution is 2.20. The van der Waals surface area contributed by atoms with Crippen molar-refractivity contribution in [2.75, 3.05) is 19.6 Å². The summed E-state index contributed by atoms with van der Waals surface area (Å²) in [6.45, 7) is 9.18. The molecule has 1 N–H and O–H groups in total. The Kier molecular flexibility index (Phi) is 8.55. The average molecular weight is 295 g/mol. The molecule has 21 heavy (non-hydrogen) atoms. The molecule has 0 aliphatic heterocycles. The maximum absolute atomic E-state index is 13.5. The van der Waals surface area contributed by atoms with E-state index < -0.39 is 6.10 Å². The van der Waals surface area contributed by atoms with Crippen LogP contribution in [-0.2, 0) is 0 Å². The van der Waals surface area contributed by atoms with Crippen LogP contribution in [-0.4, -0.2) is 29.6 Å². The van der Waals surface area contributed by atoms with Gasteiger partial charge in [0.1, 0.15) is 5.82 Å². The van der Waals surface area contributed by atoms with E-state index in [1.807, 2.05) is 6.07 Å². The minimum absolute atomic E-state index is 0.236. The van der Waals surface area contributed by atoms with E-state index in [0.717, 1.165) is 19.6 Å². The Bertz CT molecular complexity index is 400. The predicted octanol–water partition coefficient (Wildman–Crippen LogP) is 4.46. The molecule has 0 fully saturated rings. The standard InChI is InChI=1S/C18H30FNO/c1-4-6-11-20(12-7-5-2)13-10-18(21)16-9-8-15(3)17(19)14-16/h8-9,14,18,21H,4-7,10-13H2,1-3H3. The predicted molar refractivity (Wildman–Crippen MR) is 87.0 cm³/mol. The van der Waals surface area contributed by atoms with E-state index in [2.05, 4.69) is 18.7 Å². The van der Waals surface area contributed by atoms with Crippen molar-refractivity contribution in [3.63, 3.8) is 0 Å². The lowest BCUT2D eigenvalue weighted by Crippen LogP contribution is -2.28. The number of hydrogen-bond donors (Lipinski definition) is 1. The van der Waals surface area contributed by atoms with Crippen LogP contribution in [0.1, 0.15) is 63.2 Å². The summed E-state index contributed by atoms with van der Waals surface area (Å²) in [5, 5.41) is 10.2. The van der Waals surface area contributed by atoms with Crippen LogP contribution < -0.4 is 0 Å². The second-order valence-corrected chi connectivity index (χ2v) is 5.86. The van der Waals surface area contributed by atoms with Gasteiger partial charge in [-0.15, -0.1) is 0 Å². The van der Waals surface area contributed by atoms with E-state index in [9.17, 15) is 9.50 Å². The van der Waals surface area contributed by atoms with Crippen LogP contribution in [0.15, 0.2) is 18.2 Å². The van der Waals surface area contributed by atoms with Gasteiger partial charge in [-0.3, -0.25) is 0 Å². The van der Waals surface area contributed by atoms with Gasteiger partial charge in [-0.2, -0.15) is 0 Å². The van der Waals surface area contributed by atoms with Gasteiger partial charge < -0.3 is 10.0 Å². The first-order chi connectivity index (χ1) is 10.1. The first-order valence-electron chi connectivity index (χ1n) is 8.25. The lowest BCUT2D eigenvalue weighted by atomic mass is 10.0. The summed E-state index contributed by atoms with van der Waals surface area (Å²) in [5.41, 5.74) is 1.31. The average Bonchev–Trinajstić information content (AvgIpc) is 2.49. The number of aliphatic hydroxyl groups is 1. The zero-order valence-electron chi connectivity index (χ0n) is 13.7. The molecule has 2 nitrogen and oxygen atoms in total. The van der Waals surface area contributed by atoms with Crippen molar-refractivity contribution in [2.45, 2.75) is 59.0 Å². The third-order valence-corrected chi connectivity index (χ3v) is 3.96. The van der Waals surface area contributed by atoms with E-state index in [1.54, 1.807) is 13.0 Å². The number of aryl methyl sites for hydroxylation is 1.